The predicted octanol–water partition coefficient (Wildman–Crippen LogP) is 0.325. The molecule has 16 heavy (non-hydrogen) atoms. The molecule has 0 saturated heterocycles. The van der Waals surface area contributed by atoms with E-state index in [1.807, 2.05) is 0 Å². The Morgan fingerprint density at radius 2 is 1.94 bits per heavy atom. The van der Waals surface area contributed by atoms with Crippen LogP contribution >= 0.6 is 0 Å². The Morgan fingerprint density at radius 3 is 2.44 bits per heavy atom. The van der Waals surface area contributed by atoms with E-state index < -0.39 is 10.0 Å². The summed E-state index contributed by atoms with van der Waals surface area (Å²) >= 11 is 0. The summed E-state index contributed by atoms with van der Waals surface area (Å²) in [5.41, 5.74) is 0. The summed E-state index contributed by atoms with van der Waals surface area (Å²) in [6, 6.07) is 4.09. The van der Waals surface area contributed by atoms with Gasteiger partial charge >= 0.3 is 0 Å². The summed E-state index contributed by atoms with van der Waals surface area (Å²) < 4.78 is 37.1. The highest BCUT2D eigenvalue weighted by Gasteiger charge is 2.12. The summed E-state index contributed by atoms with van der Waals surface area (Å²) in [7, 11) is -0.847. The van der Waals surface area contributed by atoms with Gasteiger partial charge in [0.1, 0.15) is 0 Å². The molecule has 2 N–H and O–H groups in total. The van der Waals surface area contributed by atoms with Gasteiger partial charge in [0.2, 0.25) is 10.0 Å². The van der Waals surface area contributed by atoms with Crippen molar-refractivity contribution in [1.82, 2.24) is 0 Å². The van der Waals surface area contributed by atoms with Crippen LogP contribution in [-0.2, 0) is 14.8 Å². The lowest BCUT2D eigenvalue weighted by Gasteiger charge is -2.10. The van der Waals surface area contributed by atoms with Gasteiger partial charge in [0.15, 0.2) is 18.3 Å². The van der Waals surface area contributed by atoms with Crippen molar-refractivity contribution in [3.05, 3.63) is 18.2 Å². The predicted molar refractivity (Wildman–Crippen MR) is 56.9 cm³/mol. The largest absolute Gasteiger partial charge is 0.493 e. The Balaban J connectivity index is 3.11. The number of benzene rings is 1. The minimum atomic E-state index is -3.75. The first-order valence-electron chi connectivity index (χ1n) is 4.31. The molecule has 0 radical (unpaired) electrons. The van der Waals surface area contributed by atoms with Gasteiger partial charge in [-0.25, -0.2) is 13.6 Å². The van der Waals surface area contributed by atoms with Gasteiger partial charge in [-0.1, -0.05) is 0 Å². The lowest BCUT2D eigenvalue weighted by Crippen LogP contribution is -2.12. The molecule has 1 aromatic rings. The molecule has 0 spiro atoms. The van der Waals surface area contributed by atoms with Crippen LogP contribution in [0.5, 0.6) is 11.5 Å². The number of nitrogens with two attached hydrogens (primary N) is 1. The molecular formula is C9H13NO5S. The smallest absolute Gasteiger partial charge is 0.238 e. The van der Waals surface area contributed by atoms with E-state index >= 15 is 0 Å². The Hall–Kier alpha value is -1.31. The molecule has 1 rings (SSSR count). The van der Waals surface area contributed by atoms with Crippen molar-refractivity contribution in [3.63, 3.8) is 0 Å². The normalized spacial score (nSPS) is 11.2. The molecular weight excluding hydrogens is 234 g/mol. The zero-order valence-electron chi connectivity index (χ0n) is 8.97. The minimum Gasteiger partial charge on any atom is -0.493 e. The van der Waals surface area contributed by atoms with E-state index in [9.17, 15) is 8.42 Å². The minimum absolute atomic E-state index is 0.00949. The summed E-state index contributed by atoms with van der Waals surface area (Å²) in [6.07, 6.45) is 0. The van der Waals surface area contributed by atoms with Gasteiger partial charge in [-0.3, -0.25) is 0 Å². The van der Waals surface area contributed by atoms with E-state index in [1.54, 1.807) is 0 Å². The van der Waals surface area contributed by atoms with Crippen molar-refractivity contribution >= 4 is 10.0 Å². The molecule has 0 aliphatic heterocycles. The lowest BCUT2D eigenvalue weighted by atomic mass is 10.3. The molecule has 1 aromatic carbocycles. The van der Waals surface area contributed by atoms with E-state index in [4.69, 9.17) is 19.3 Å². The van der Waals surface area contributed by atoms with Crippen molar-refractivity contribution in [2.24, 2.45) is 5.14 Å². The number of rotatable bonds is 5. The Labute approximate surface area is 94.0 Å². The van der Waals surface area contributed by atoms with Gasteiger partial charge in [0.05, 0.1) is 12.0 Å². The fourth-order valence-corrected chi connectivity index (χ4v) is 1.60. The fourth-order valence-electron chi connectivity index (χ4n) is 1.07. The Morgan fingerprint density at radius 1 is 1.25 bits per heavy atom. The van der Waals surface area contributed by atoms with Crippen LogP contribution in [0.2, 0.25) is 0 Å². The first kappa shape index (κ1) is 12.8. The zero-order valence-corrected chi connectivity index (χ0v) is 9.78. The molecule has 0 heterocycles. The maximum absolute atomic E-state index is 11.1. The zero-order chi connectivity index (χ0) is 12.2. The quantitative estimate of drug-likeness (QED) is 0.757. The number of hydrogen-bond donors (Lipinski definition) is 1. The molecule has 0 aromatic heterocycles. The second-order valence-corrected chi connectivity index (χ2v) is 4.47. The van der Waals surface area contributed by atoms with Crippen LogP contribution in [0.15, 0.2) is 23.1 Å². The van der Waals surface area contributed by atoms with E-state index in [1.165, 1.54) is 32.4 Å². The van der Waals surface area contributed by atoms with Crippen molar-refractivity contribution in [1.29, 1.82) is 0 Å². The van der Waals surface area contributed by atoms with E-state index in [-0.39, 0.29) is 17.4 Å². The Bertz CT molecular complexity index is 457. The monoisotopic (exact) mass is 247 g/mol. The van der Waals surface area contributed by atoms with Crippen molar-refractivity contribution in [2.75, 3.05) is 21.0 Å². The standard InChI is InChI=1S/C9H13NO5S/c1-13-6-15-9-5-7(16(10,11)12)3-4-8(9)14-2/h3-5H,6H2,1-2H3,(H2,10,11,12). The van der Waals surface area contributed by atoms with Crippen LogP contribution in [0.3, 0.4) is 0 Å². The molecule has 0 amide bonds. The number of primary sulfonamides is 1. The average molecular weight is 247 g/mol. The summed E-state index contributed by atoms with van der Waals surface area (Å²) in [5.74, 6) is 0.667. The highest BCUT2D eigenvalue weighted by Crippen LogP contribution is 2.29. The topological polar surface area (TPSA) is 87.9 Å². The average Bonchev–Trinajstić information content (AvgIpc) is 2.24. The third kappa shape index (κ3) is 3.09. The highest BCUT2D eigenvalue weighted by atomic mass is 32.2. The van der Waals surface area contributed by atoms with Gasteiger partial charge in [-0.2, -0.15) is 0 Å². The maximum atomic E-state index is 11.1. The van der Waals surface area contributed by atoms with Crippen LogP contribution in [0.4, 0.5) is 0 Å². The molecule has 0 unspecified atom stereocenters. The van der Waals surface area contributed by atoms with Gasteiger partial charge in [0.25, 0.3) is 0 Å². The van der Waals surface area contributed by atoms with Crippen molar-refractivity contribution in [3.8, 4) is 11.5 Å². The molecule has 0 saturated carbocycles. The van der Waals surface area contributed by atoms with Crippen LogP contribution in [0, 0.1) is 0 Å². The van der Waals surface area contributed by atoms with Gasteiger partial charge in [-0.15, -0.1) is 0 Å². The maximum Gasteiger partial charge on any atom is 0.238 e. The molecule has 0 bridgehead atoms. The van der Waals surface area contributed by atoms with Gasteiger partial charge in [-0.05, 0) is 12.1 Å². The SMILES string of the molecule is COCOc1cc(S(N)(=O)=O)ccc1OC. The summed E-state index contributed by atoms with van der Waals surface area (Å²) in [5, 5.41) is 4.99. The van der Waals surface area contributed by atoms with Crippen LogP contribution in [-0.4, -0.2) is 29.4 Å². The number of sulfonamides is 1. The van der Waals surface area contributed by atoms with E-state index in [2.05, 4.69) is 0 Å². The van der Waals surface area contributed by atoms with Crippen LogP contribution in [0.25, 0.3) is 0 Å². The first-order valence-corrected chi connectivity index (χ1v) is 5.86. The van der Waals surface area contributed by atoms with Crippen LogP contribution < -0.4 is 14.6 Å². The van der Waals surface area contributed by atoms with Crippen LogP contribution in [0.1, 0.15) is 0 Å². The molecule has 90 valence electrons. The molecule has 0 fully saturated rings. The lowest BCUT2D eigenvalue weighted by molar-refractivity contribution is 0.0490. The molecule has 0 atom stereocenters. The van der Waals surface area contributed by atoms with E-state index in [0.717, 1.165) is 0 Å². The van der Waals surface area contributed by atoms with E-state index in [0.29, 0.717) is 5.75 Å². The molecule has 0 aliphatic rings. The second kappa shape index (κ2) is 5.15. The Kier molecular flexibility index (Phi) is 4.11. The molecule has 0 aliphatic carbocycles. The van der Waals surface area contributed by atoms with Crippen molar-refractivity contribution < 1.29 is 22.6 Å². The van der Waals surface area contributed by atoms with Crippen molar-refractivity contribution in [2.45, 2.75) is 4.90 Å². The summed E-state index contributed by atoms with van der Waals surface area (Å²) in [4.78, 5) is -0.0422. The third-order valence-corrected chi connectivity index (χ3v) is 2.71. The fraction of sp³-hybridized carbons (Fsp3) is 0.333. The number of hydrogen-bond acceptors (Lipinski definition) is 5. The molecule has 6 nitrogen and oxygen atoms in total. The first-order chi connectivity index (χ1) is 7.49. The number of ether oxygens (including phenoxy) is 3. The highest BCUT2D eigenvalue weighted by molar-refractivity contribution is 7.89. The summed E-state index contributed by atoms with van der Waals surface area (Å²) in [6.45, 7) is -0.00949. The second-order valence-electron chi connectivity index (χ2n) is 2.91. The molecule has 7 heteroatoms. The van der Waals surface area contributed by atoms with Gasteiger partial charge in [0, 0.05) is 13.2 Å². The third-order valence-electron chi connectivity index (χ3n) is 1.80. The number of methoxy groups -OCH3 is 2. The van der Waals surface area contributed by atoms with Gasteiger partial charge < -0.3 is 14.2 Å².